The number of likely N-dealkylation sites (N-methyl/N-ethyl adjacent to an activating group) is 1. The van der Waals surface area contributed by atoms with Crippen LogP contribution in [0.2, 0.25) is 10.0 Å². The molecule has 3 aromatic carbocycles. The lowest BCUT2D eigenvalue weighted by atomic mass is 10.1. The fourth-order valence-corrected chi connectivity index (χ4v) is 4.65. The number of carbonyl (C=O) groups is 2. The van der Waals surface area contributed by atoms with Gasteiger partial charge in [-0.3, -0.25) is 9.69 Å². The highest BCUT2D eigenvalue weighted by Crippen LogP contribution is 2.35. The Labute approximate surface area is 217 Å². The van der Waals surface area contributed by atoms with E-state index in [1.54, 1.807) is 61.7 Å². The molecule has 3 aromatic rings. The second-order valence-corrected chi connectivity index (χ2v) is 9.39. The highest BCUT2D eigenvalue weighted by atomic mass is 35.5. The van der Waals surface area contributed by atoms with Gasteiger partial charge < -0.3 is 9.47 Å². The number of rotatable bonds is 6. The van der Waals surface area contributed by atoms with Gasteiger partial charge in [0.05, 0.1) is 23.3 Å². The Balaban J connectivity index is 1.59. The zero-order chi connectivity index (χ0) is 24.9. The molecule has 0 bridgehead atoms. The number of amidine groups is 1. The molecule has 1 aliphatic rings. The van der Waals surface area contributed by atoms with Crippen molar-refractivity contribution in [2.75, 3.05) is 14.2 Å². The second-order valence-electron chi connectivity index (χ2n) is 7.51. The summed E-state index contributed by atoms with van der Waals surface area (Å²) in [4.78, 5) is 31.2. The number of benzene rings is 3. The monoisotopic (exact) mass is 526 g/mol. The van der Waals surface area contributed by atoms with Crippen LogP contribution in [-0.4, -0.2) is 36.1 Å². The minimum Gasteiger partial charge on any atom is -0.488 e. The standard InChI is InChI=1S/C26H20Cl2N2O4S/c1-30-24(31)23(35-26(30)29-21-8-4-6-17(13-21)25(32)33-2)14-18-12-20(28)9-10-22(18)34-15-16-5-3-7-19(27)11-16/h3-14H,15H2,1-2H3. The van der Waals surface area contributed by atoms with Crippen molar-refractivity contribution in [2.24, 2.45) is 4.99 Å². The molecule has 0 radical (unpaired) electrons. The van der Waals surface area contributed by atoms with Gasteiger partial charge in [0.2, 0.25) is 0 Å². The Bertz CT molecular complexity index is 1360. The summed E-state index contributed by atoms with van der Waals surface area (Å²) >= 11 is 13.5. The molecule has 0 atom stereocenters. The highest BCUT2D eigenvalue weighted by molar-refractivity contribution is 8.18. The molecule has 0 saturated carbocycles. The van der Waals surface area contributed by atoms with Gasteiger partial charge in [0.1, 0.15) is 12.4 Å². The Kier molecular flexibility index (Phi) is 7.80. The molecule has 1 fully saturated rings. The normalized spacial score (nSPS) is 15.7. The van der Waals surface area contributed by atoms with Crippen molar-refractivity contribution < 1.29 is 19.1 Å². The van der Waals surface area contributed by atoms with Gasteiger partial charge in [0.25, 0.3) is 5.91 Å². The van der Waals surface area contributed by atoms with Crippen LogP contribution in [0.25, 0.3) is 6.08 Å². The van der Waals surface area contributed by atoms with Crippen LogP contribution in [0.3, 0.4) is 0 Å². The van der Waals surface area contributed by atoms with Gasteiger partial charge in [0.15, 0.2) is 5.17 Å². The molecule has 4 rings (SSSR count). The van der Waals surface area contributed by atoms with E-state index in [0.29, 0.717) is 49.3 Å². The molecule has 6 nitrogen and oxygen atoms in total. The third-order valence-corrected chi connectivity index (χ3v) is 6.57. The SMILES string of the molecule is COC(=O)c1cccc(N=C2SC(=Cc3cc(Cl)ccc3OCc3cccc(Cl)c3)C(=O)N2C)c1. The number of carbonyl (C=O) groups excluding carboxylic acids is 2. The minimum atomic E-state index is -0.456. The fourth-order valence-electron chi connectivity index (χ4n) is 3.27. The van der Waals surface area contributed by atoms with Crippen molar-refractivity contribution in [2.45, 2.75) is 6.61 Å². The summed E-state index contributed by atoms with van der Waals surface area (Å²) in [6.45, 7) is 0.308. The Hall–Kier alpha value is -3.26. The van der Waals surface area contributed by atoms with Gasteiger partial charge in [-0.15, -0.1) is 0 Å². The number of aliphatic imine (C=N–C) groups is 1. The third kappa shape index (κ3) is 6.06. The van der Waals surface area contributed by atoms with E-state index in [1.807, 2.05) is 18.2 Å². The maximum Gasteiger partial charge on any atom is 0.337 e. The molecule has 0 aromatic heterocycles. The lowest BCUT2D eigenvalue weighted by Crippen LogP contribution is -2.23. The molecule has 0 spiro atoms. The number of methoxy groups -OCH3 is 1. The first kappa shape index (κ1) is 24.9. The van der Waals surface area contributed by atoms with Crippen LogP contribution in [0.15, 0.2) is 76.6 Å². The van der Waals surface area contributed by atoms with E-state index < -0.39 is 5.97 Å². The number of halogens is 2. The van der Waals surface area contributed by atoms with Crippen molar-refractivity contribution in [3.8, 4) is 5.75 Å². The molecular formula is C26H20Cl2N2O4S. The summed E-state index contributed by atoms with van der Waals surface area (Å²) in [5, 5.41) is 1.63. The summed E-state index contributed by atoms with van der Waals surface area (Å²) in [7, 11) is 2.97. The molecule has 9 heteroatoms. The summed E-state index contributed by atoms with van der Waals surface area (Å²) in [6, 6.07) is 19.4. The van der Waals surface area contributed by atoms with Gasteiger partial charge in [-0.05, 0) is 71.9 Å². The summed E-state index contributed by atoms with van der Waals surface area (Å²) in [5.41, 5.74) is 2.49. The van der Waals surface area contributed by atoms with Crippen LogP contribution < -0.4 is 4.74 Å². The van der Waals surface area contributed by atoms with E-state index in [4.69, 9.17) is 32.7 Å². The van der Waals surface area contributed by atoms with Crippen molar-refractivity contribution >= 4 is 63.8 Å². The fraction of sp³-hybridized carbons (Fsp3) is 0.115. The van der Waals surface area contributed by atoms with Gasteiger partial charge in [-0.25, -0.2) is 9.79 Å². The van der Waals surface area contributed by atoms with Gasteiger partial charge in [0, 0.05) is 22.7 Å². The zero-order valence-corrected chi connectivity index (χ0v) is 21.2. The molecule has 0 unspecified atom stereocenters. The molecule has 35 heavy (non-hydrogen) atoms. The predicted molar refractivity (Wildman–Crippen MR) is 140 cm³/mol. The number of hydrogen-bond donors (Lipinski definition) is 0. The third-order valence-electron chi connectivity index (χ3n) is 5.04. The first-order valence-electron chi connectivity index (χ1n) is 10.5. The first-order chi connectivity index (χ1) is 16.8. The van der Waals surface area contributed by atoms with E-state index in [9.17, 15) is 9.59 Å². The topological polar surface area (TPSA) is 68.2 Å². The van der Waals surface area contributed by atoms with E-state index in [0.717, 1.165) is 5.56 Å². The van der Waals surface area contributed by atoms with Gasteiger partial charge >= 0.3 is 5.97 Å². The quantitative estimate of drug-likeness (QED) is 0.267. The number of nitrogens with zero attached hydrogens (tertiary/aromatic N) is 2. The second kappa shape index (κ2) is 11.0. The molecule has 1 saturated heterocycles. The number of thioether (sulfide) groups is 1. The molecule has 0 N–H and O–H groups in total. The predicted octanol–water partition coefficient (Wildman–Crippen LogP) is 6.59. The summed E-state index contributed by atoms with van der Waals surface area (Å²) in [5.74, 6) is -0.0878. The van der Waals surface area contributed by atoms with E-state index >= 15 is 0 Å². The van der Waals surface area contributed by atoms with Crippen molar-refractivity contribution in [3.05, 3.63) is 98.4 Å². The Morgan fingerprint density at radius 2 is 1.83 bits per heavy atom. The lowest BCUT2D eigenvalue weighted by molar-refractivity contribution is -0.121. The number of ether oxygens (including phenoxy) is 2. The molecule has 178 valence electrons. The molecule has 1 aliphatic heterocycles. The maximum absolute atomic E-state index is 12.9. The smallest absolute Gasteiger partial charge is 0.337 e. The number of esters is 1. The van der Waals surface area contributed by atoms with E-state index in [1.165, 1.54) is 23.8 Å². The largest absolute Gasteiger partial charge is 0.488 e. The van der Waals surface area contributed by atoms with Crippen molar-refractivity contribution in [1.82, 2.24) is 4.90 Å². The van der Waals surface area contributed by atoms with Crippen LogP contribution in [0.4, 0.5) is 5.69 Å². The van der Waals surface area contributed by atoms with Crippen LogP contribution in [0.5, 0.6) is 5.75 Å². The van der Waals surface area contributed by atoms with E-state index in [-0.39, 0.29) is 5.91 Å². The summed E-state index contributed by atoms with van der Waals surface area (Å²) in [6.07, 6.45) is 1.73. The number of hydrogen-bond acceptors (Lipinski definition) is 6. The van der Waals surface area contributed by atoms with E-state index in [2.05, 4.69) is 4.99 Å². The van der Waals surface area contributed by atoms with Crippen LogP contribution in [0.1, 0.15) is 21.5 Å². The zero-order valence-electron chi connectivity index (χ0n) is 18.8. The van der Waals surface area contributed by atoms with Crippen molar-refractivity contribution in [1.29, 1.82) is 0 Å². The van der Waals surface area contributed by atoms with Crippen LogP contribution in [-0.2, 0) is 16.1 Å². The highest BCUT2D eigenvalue weighted by Gasteiger charge is 2.30. The molecule has 1 heterocycles. The molecule has 0 aliphatic carbocycles. The summed E-state index contributed by atoms with van der Waals surface area (Å²) < 4.78 is 10.8. The minimum absolute atomic E-state index is 0.210. The van der Waals surface area contributed by atoms with Crippen LogP contribution >= 0.6 is 35.0 Å². The average Bonchev–Trinajstić information content (AvgIpc) is 3.11. The Morgan fingerprint density at radius 1 is 1.06 bits per heavy atom. The number of amides is 1. The maximum atomic E-state index is 12.9. The van der Waals surface area contributed by atoms with Crippen LogP contribution in [0, 0.1) is 0 Å². The van der Waals surface area contributed by atoms with Crippen molar-refractivity contribution in [3.63, 3.8) is 0 Å². The molecule has 1 amide bonds. The van der Waals surface area contributed by atoms with Gasteiger partial charge in [-0.1, -0.05) is 41.4 Å². The lowest BCUT2D eigenvalue weighted by Gasteiger charge is -2.10. The van der Waals surface area contributed by atoms with Gasteiger partial charge in [-0.2, -0.15) is 0 Å². The Morgan fingerprint density at radius 3 is 2.60 bits per heavy atom. The average molecular weight is 527 g/mol. The first-order valence-corrected chi connectivity index (χ1v) is 12.0. The molecular weight excluding hydrogens is 507 g/mol.